The molecule has 4 nitrogen and oxygen atoms in total. The van der Waals surface area contributed by atoms with Gasteiger partial charge < -0.3 is 14.8 Å². The van der Waals surface area contributed by atoms with Gasteiger partial charge in [0.05, 0.1) is 14.2 Å². The van der Waals surface area contributed by atoms with E-state index in [0.29, 0.717) is 12.2 Å². The summed E-state index contributed by atoms with van der Waals surface area (Å²) in [6.45, 7) is 2.13. The first-order valence-electron chi connectivity index (χ1n) is 9.23. The van der Waals surface area contributed by atoms with Gasteiger partial charge in [-0.05, 0) is 41.8 Å². The Balaban J connectivity index is 1.87. The number of nitrogens with one attached hydrogen (secondary N) is 1. The Morgan fingerprint density at radius 1 is 0.923 bits per heavy atom. The standard InChI is InChI=1S/C22H27NO3/c1-4-5-19-21(24)14-20(15-6-10-17(25-2)11-7-15)23-22(19)16-8-12-18(26-3)13-9-16/h6-13,19-20,22-23H,4-5,14H2,1-3H3/t19-,20-,22-/m1/s1. The van der Waals surface area contributed by atoms with Crippen LogP contribution in [0.4, 0.5) is 0 Å². The first kappa shape index (κ1) is 18.5. The first-order valence-corrected chi connectivity index (χ1v) is 9.23. The Labute approximate surface area is 155 Å². The molecule has 0 aromatic heterocycles. The third-order valence-corrected chi connectivity index (χ3v) is 5.19. The Kier molecular flexibility index (Phi) is 5.94. The van der Waals surface area contributed by atoms with Crippen molar-refractivity contribution in [3.05, 3.63) is 59.7 Å². The zero-order chi connectivity index (χ0) is 18.5. The van der Waals surface area contributed by atoms with Gasteiger partial charge in [0.25, 0.3) is 0 Å². The van der Waals surface area contributed by atoms with Crippen molar-refractivity contribution in [3.8, 4) is 11.5 Å². The van der Waals surface area contributed by atoms with Crippen molar-refractivity contribution in [2.24, 2.45) is 5.92 Å². The third-order valence-electron chi connectivity index (χ3n) is 5.19. The molecule has 1 heterocycles. The topological polar surface area (TPSA) is 47.6 Å². The first-order chi connectivity index (χ1) is 12.7. The van der Waals surface area contributed by atoms with Crippen LogP contribution < -0.4 is 14.8 Å². The maximum atomic E-state index is 12.9. The van der Waals surface area contributed by atoms with Gasteiger partial charge >= 0.3 is 0 Å². The number of methoxy groups -OCH3 is 2. The van der Waals surface area contributed by atoms with Gasteiger partial charge in [0, 0.05) is 24.4 Å². The average molecular weight is 353 g/mol. The Bertz CT molecular complexity index is 724. The lowest BCUT2D eigenvalue weighted by Gasteiger charge is -2.37. The SMILES string of the molecule is CCC[C@@H]1C(=O)C[C@H](c2ccc(OC)cc2)N[C@@H]1c1ccc(OC)cc1. The number of hydrogen-bond donors (Lipinski definition) is 1. The minimum Gasteiger partial charge on any atom is -0.497 e. The van der Waals surface area contributed by atoms with Gasteiger partial charge in [-0.1, -0.05) is 37.6 Å². The molecule has 1 aliphatic rings. The highest BCUT2D eigenvalue weighted by atomic mass is 16.5. The third kappa shape index (κ3) is 3.91. The molecule has 3 atom stereocenters. The largest absolute Gasteiger partial charge is 0.497 e. The van der Waals surface area contributed by atoms with Crippen LogP contribution in [0.5, 0.6) is 11.5 Å². The zero-order valence-electron chi connectivity index (χ0n) is 15.7. The van der Waals surface area contributed by atoms with Gasteiger partial charge in [-0.2, -0.15) is 0 Å². The van der Waals surface area contributed by atoms with Crippen LogP contribution in [0.15, 0.2) is 48.5 Å². The van der Waals surface area contributed by atoms with Crippen LogP contribution >= 0.6 is 0 Å². The molecule has 26 heavy (non-hydrogen) atoms. The number of carbonyl (C=O) groups is 1. The Hall–Kier alpha value is -2.33. The lowest BCUT2D eigenvalue weighted by molar-refractivity contribution is -0.127. The molecule has 0 aliphatic carbocycles. The lowest BCUT2D eigenvalue weighted by atomic mass is 9.79. The van der Waals surface area contributed by atoms with Crippen molar-refractivity contribution < 1.29 is 14.3 Å². The van der Waals surface area contributed by atoms with Crippen LogP contribution in [-0.2, 0) is 4.79 Å². The monoisotopic (exact) mass is 353 g/mol. The molecule has 138 valence electrons. The van der Waals surface area contributed by atoms with Crippen molar-refractivity contribution >= 4 is 5.78 Å². The number of carbonyl (C=O) groups excluding carboxylic acids is 1. The second-order valence-corrected chi connectivity index (χ2v) is 6.81. The summed E-state index contributed by atoms with van der Waals surface area (Å²) in [6.07, 6.45) is 2.43. The molecule has 0 unspecified atom stereocenters. The molecule has 2 aromatic carbocycles. The molecule has 1 aliphatic heterocycles. The van der Waals surface area contributed by atoms with E-state index >= 15 is 0 Å². The summed E-state index contributed by atoms with van der Waals surface area (Å²) in [6, 6.07) is 16.0. The minimum absolute atomic E-state index is 0.0166. The molecular formula is C22H27NO3. The summed E-state index contributed by atoms with van der Waals surface area (Å²) in [4.78, 5) is 12.9. The summed E-state index contributed by atoms with van der Waals surface area (Å²) in [5, 5.41) is 3.72. The summed E-state index contributed by atoms with van der Waals surface area (Å²) < 4.78 is 10.5. The van der Waals surface area contributed by atoms with Crippen LogP contribution in [0.1, 0.15) is 49.4 Å². The highest BCUT2D eigenvalue weighted by Gasteiger charge is 2.36. The number of hydrogen-bond acceptors (Lipinski definition) is 4. The maximum absolute atomic E-state index is 12.9. The molecule has 0 radical (unpaired) electrons. The predicted molar refractivity (Wildman–Crippen MR) is 103 cm³/mol. The maximum Gasteiger partial charge on any atom is 0.139 e. The zero-order valence-corrected chi connectivity index (χ0v) is 15.7. The summed E-state index contributed by atoms with van der Waals surface area (Å²) >= 11 is 0. The Morgan fingerprint density at radius 2 is 1.46 bits per heavy atom. The normalized spacial score (nSPS) is 22.9. The number of piperidine rings is 1. The van der Waals surface area contributed by atoms with E-state index in [2.05, 4.69) is 24.4 Å². The van der Waals surface area contributed by atoms with Crippen LogP contribution in [0, 0.1) is 5.92 Å². The summed E-state index contributed by atoms with van der Waals surface area (Å²) in [7, 11) is 3.32. The lowest BCUT2D eigenvalue weighted by Crippen LogP contribution is -2.42. The van der Waals surface area contributed by atoms with Crippen LogP contribution in [-0.4, -0.2) is 20.0 Å². The van der Waals surface area contributed by atoms with Crippen LogP contribution in [0.25, 0.3) is 0 Å². The molecule has 2 aromatic rings. The molecular weight excluding hydrogens is 326 g/mol. The van der Waals surface area contributed by atoms with Gasteiger partial charge in [0.15, 0.2) is 0 Å². The van der Waals surface area contributed by atoms with Crippen molar-refractivity contribution in [2.75, 3.05) is 14.2 Å². The van der Waals surface area contributed by atoms with Crippen molar-refractivity contribution in [3.63, 3.8) is 0 Å². The van der Waals surface area contributed by atoms with E-state index in [9.17, 15) is 4.79 Å². The minimum atomic E-state index is 0.0166. The van der Waals surface area contributed by atoms with Crippen molar-refractivity contribution in [1.82, 2.24) is 5.32 Å². The van der Waals surface area contributed by atoms with Crippen molar-refractivity contribution in [2.45, 2.75) is 38.3 Å². The van der Waals surface area contributed by atoms with E-state index in [1.165, 1.54) is 0 Å². The van der Waals surface area contributed by atoms with Crippen LogP contribution in [0.2, 0.25) is 0 Å². The molecule has 1 N–H and O–H groups in total. The average Bonchev–Trinajstić information content (AvgIpc) is 2.69. The van der Waals surface area contributed by atoms with E-state index in [4.69, 9.17) is 9.47 Å². The molecule has 1 fully saturated rings. The second kappa shape index (κ2) is 8.37. The van der Waals surface area contributed by atoms with Gasteiger partial charge in [0.2, 0.25) is 0 Å². The molecule has 3 rings (SSSR count). The molecule has 0 saturated carbocycles. The smallest absolute Gasteiger partial charge is 0.139 e. The fourth-order valence-electron chi connectivity index (χ4n) is 3.76. The molecule has 0 amide bonds. The fraction of sp³-hybridized carbons (Fsp3) is 0.409. The van der Waals surface area contributed by atoms with Crippen LogP contribution in [0.3, 0.4) is 0 Å². The number of rotatable bonds is 6. The number of Topliss-reactive ketones (excluding diaryl/α,β-unsaturated/α-hetero) is 1. The molecule has 0 spiro atoms. The highest BCUT2D eigenvalue weighted by molar-refractivity contribution is 5.83. The molecule has 4 heteroatoms. The van der Waals surface area contributed by atoms with Crippen molar-refractivity contribution in [1.29, 1.82) is 0 Å². The van der Waals surface area contributed by atoms with Gasteiger partial charge in [-0.15, -0.1) is 0 Å². The second-order valence-electron chi connectivity index (χ2n) is 6.81. The summed E-state index contributed by atoms with van der Waals surface area (Å²) in [5.41, 5.74) is 2.25. The number of ketones is 1. The van der Waals surface area contributed by atoms with E-state index < -0.39 is 0 Å². The van der Waals surface area contributed by atoms with Gasteiger partial charge in [-0.25, -0.2) is 0 Å². The van der Waals surface area contributed by atoms with E-state index in [-0.39, 0.29) is 18.0 Å². The van der Waals surface area contributed by atoms with Gasteiger partial charge in [0.1, 0.15) is 17.3 Å². The summed E-state index contributed by atoms with van der Waals surface area (Å²) in [5.74, 6) is 2.01. The Morgan fingerprint density at radius 3 is 1.96 bits per heavy atom. The van der Waals surface area contributed by atoms with E-state index in [1.807, 2.05) is 36.4 Å². The molecule has 0 bridgehead atoms. The van der Waals surface area contributed by atoms with Gasteiger partial charge in [-0.3, -0.25) is 4.79 Å². The highest BCUT2D eigenvalue weighted by Crippen LogP contribution is 2.37. The predicted octanol–water partition coefficient (Wildman–Crippen LogP) is 4.46. The van der Waals surface area contributed by atoms with E-state index in [0.717, 1.165) is 35.5 Å². The molecule has 1 saturated heterocycles. The quantitative estimate of drug-likeness (QED) is 0.833. The number of benzene rings is 2. The fourth-order valence-corrected chi connectivity index (χ4v) is 3.76. The van der Waals surface area contributed by atoms with E-state index in [1.54, 1.807) is 14.2 Å². The number of ether oxygens (including phenoxy) is 2.